The van der Waals surface area contributed by atoms with Crippen molar-refractivity contribution >= 4 is 15.8 Å². The molecule has 0 saturated heterocycles. The first kappa shape index (κ1) is 11.2. The van der Waals surface area contributed by atoms with E-state index in [4.69, 9.17) is 0 Å². The molecule has 0 atom stereocenters. The van der Waals surface area contributed by atoms with Crippen molar-refractivity contribution < 1.29 is 13.2 Å². The van der Waals surface area contributed by atoms with Crippen LogP contribution in [0.4, 0.5) is 0 Å². The number of allylic oxidation sites excluding steroid dienone is 2. The van der Waals surface area contributed by atoms with Crippen molar-refractivity contribution in [1.29, 1.82) is 0 Å². The molecule has 0 aromatic rings. The van der Waals surface area contributed by atoms with Gasteiger partial charge in [-0.25, -0.2) is 13.1 Å². The van der Waals surface area contributed by atoms with Crippen LogP contribution in [0.15, 0.2) is 11.8 Å². The molecule has 0 bridgehead atoms. The third-order valence-corrected chi connectivity index (χ3v) is 3.37. The molecule has 1 rings (SSSR count). The van der Waals surface area contributed by atoms with E-state index < -0.39 is 10.0 Å². The van der Waals surface area contributed by atoms with E-state index in [0.29, 0.717) is 19.4 Å². The van der Waals surface area contributed by atoms with E-state index in [2.05, 4.69) is 10.0 Å². The molecule has 2 N–H and O–H groups in total. The molecule has 0 unspecified atom stereocenters. The quantitative estimate of drug-likeness (QED) is 0.644. The molecule has 0 aliphatic heterocycles. The van der Waals surface area contributed by atoms with Gasteiger partial charge in [0.05, 0.1) is 5.75 Å². The molecular weight excluding hydrogens is 204 g/mol. The minimum atomic E-state index is -3.15. The summed E-state index contributed by atoms with van der Waals surface area (Å²) >= 11 is 0. The Bertz CT molecular complexity index is 346. The fourth-order valence-electron chi connectivity index (χ4n) is 1.18. The Labute approximate surface area is 83.6 Å². The van der Waals surface area contributed by atoms with Crippen LogP contribution >= 0.6 is 0 Å². The Kier molecular flexibility index (Phi) is 3.65. The molecule has 0 radical (unpaired) electrons. The highest BCUT2D eigenvalue weighted by molar-refractivity contribution is 7.89. The average Bonchev–Trinajstić information content (AvgIpc) is 2.51. The summed E-state index contributed by atoms with van der Waals surface area (Å²) < 4.78 is 24.2. The molecular formula is C8H14N2O3S. The molecule has 0 spiro atoms. The molecule has 1 aliphatic carbocycles. The van der Waals surface area contributed by atoms with Gasteiger partial charge in [0.2, 0.25) is 10.0 Å². The van der Waals surface area contributed by atoms with Crippen LogP contribution in [-0.4, -0.2) is 33.5 Å². The van der Waals surface area contributed by atoms with Crippen molar-refractivity contribution in [3.8, 4) is 0 Å². The second kappa shape index (κ2) is 4.56. The molecule has 0 amide bonds. The molecule has 0 aromatic heterocycles. The maximum absolute atomic E-state index is 11.0. The van der Waals surface area contributed by atoms with Crippen LogP contribution in [0, 0.1) is 0 Å². The number of ketones is 1. The van der Waals surface area contributed by atoms with Gasteiger partial charge in [-0.15, -0.1) is 0 Å². The van der Waals surface area contributed by atoms with Crippen molar-refractivity contribution in [2.45, 2.75) is 12.8 Å². The van der Waals surface area contributed by atoms with Gasteiger partial charge in [-0.3, -0.25) is 4.79 Å². The van der Waals surface area contributed by atoms with E-state index >= 15 is 0 Å². The zero-order chi connectivity index (χ0) is 10.6. The molecule has 0 heterocycles. The number of carbonyl (C=O) groups is 1. The second-order valence-electron chi connectivity index (χ2n) is 3.09. The summed E-state index contributed by atoms with van der Waals surface area (Å²) in [6.07, 6.45) is 2.76. The second-order valence-corrected chi connectivity index (χ2v) is 5.13. The van der Waals surface area contributed by atoms with Crippen LogP contribution in [-0.2, 0) is 14.8 Å². The standard InChI is InChI=1S/C8H14N2O3S/c1-9-14(12,13)5-4-10-7-2-3-8(11)6-7/h6,9-10H,2-5H2,1H3. The Balaban J connectivity index is 2.29. The summed E-state index contributed by atoms with van der Waals surface area (Å²) in [5.74, 6) is 0.124. The van der Waals surface area contributed by atoms with E-state index in [0.717, 1.165) is 5.70 Å². The van der Waals surface area contributed by atoms with Gasteiger partial charge in [-0.1, -0.05) is 0 Å². The van der Waals surface area contributed by atoms with Crippen molar-refractivity contribution in [1.82, 2.24) is 10.0 Å². The predicted octanol–water partition coefficient (Wildman–Crippen LogP) is -0.628. The smallest absolute Gasteiger partial charge is 0.213 e. The van der Waals surface area contributed by atoms with Crippen molar-refractivity contribution in [3.63, 3.8) is 0 Å². The van der Waals surface area contributed by atoms with Crippen LogP contribution in [0.1, 0.15) is 12.8 Å². The molecule has 1 aliphatic rings. The minimum Gasteiger partial charge on any atom is -0.387 e. The largest absolute Gasteiger partial charge is 0.387 e. The lowest BCUT2D eigenvalue weighted by molar-refractivity contribution is -0.114. The Morgan fingerprint density at radius 1 is 1.43 bits per heavy atom. The highest BCUT2D eigenvalue weighted by atomic mass is 32.2. The SMILES string of the molecule is CNS(=O)(=O)CCNC1=CC(=O)CC1. The minimum absolute atomic E-state index is 0.0228. The number of hydrogen-bond acceptors (Lipinski definition) is 4. The van der Waals surface area contributed by atoms with E-state index in [1.165, 1.54) is 13.1 Å². The molecule has 14 heavy (non-hydrogen) atoms. The Morgan fingerprint density at radius 3 is 2.64 bits per heavy atom. The molecule has 6 heteroatoms. The first-order valence-electron chi connectivity index (χ1n) is 4.42. The first-order chi connectivity index (χ1) is 6.53. The molecule has 0 saturated carbocycles. The third-order valence-electron chi connectivity index (χ3n) is 2.01. The molecule has 0 aromatic carbocycles. The van der Waals surface area contributed by atoms with Gasteiger partial charge in [0.1, 0.15) is 0 Å². The zero-order valence-electron chi connectivity index (χ0n) is 8.04. The van der Waals surface area contributed by atoms with Crippen molar-refractivity contribution in [3.05, 3.63) is 11.8 Å². The number of hydrogen-bond donors (Lipinski definition) is 2. The Morgan fingerprint density at radius 2 is 2.14 bits per heavy atom. The van der Waals surface area contributed by atoms with Crippen LogP contribution in [0.5, 0.6) is 0 Å². The van der Waals surface area contributed by atoms with Gasteiger partial charge >= 0.3 is 0 Å². The molecule has 80 valence electrons. The van der Waals surface area contributed by atoms with Gasteiger partial charge in [-0.2, -0.15) is 0 Å². The van der Waals surface area contributed by atoms with Gasteiger partial charge in [0.25, 0.3) is 0 Å². The van der Waals surface area contributed by atoms with E-state index in [1.807, 2.05) is 0 Å². The zero-order valence-corrected chi connectivity index (χ0v) is 8.86. The third kappa shape index (κ3) is 3.47. The normalized spacial score (nSPS) is 16.9. The lowest BCUT2D eigenvalue weighted by atomic mass is 10.3. The van der Waals surface area contributed by atoms with Crippen LogP contribution < -0.4 is 10.0 Å². The fourth-order valence-corrected chi connectivity index (χ4v) is 1.76. The summed E-state index contributed by atoms with van der Waals surface area (Å²) in [4.78, 5) is 10.8. The van der Waals surface area contributed by atoms with Crippen molar-refractivity contribution in [2.24, 2.45) is 0 Å². The van der Waals surface area contributed by atoms with Gasteiger partial charge in [0, 0.05) is 24.7 Å². The van der Waals surface area contributed by atoms with E-state index in [9.17, 15) is 13.2 Å². The number of carbonyl (C=O) groups excluding carboxylic acids is 1. The average molecular weight is 218 g/mol. The van der Waals surface area contributed by atoms with E-state index in [1.54, 1.807) is 0 Å². The maximum atomic E-state index is 11.0. The first-order valence-corrected chi connectivity index (χ1v) is 6.07. The number of nitrogens with one attached hydrogen (secondary N) is 2. The van der Waals surface area contributed by atoms with Gasteiger partial charge in [-0.05, 0) is 13.5 Å². The fraction of sp³-hybridized carbons (Fsp3) is 0.625. The maximum Gasteiger partial charge on any atom is 0.213 e. The molecule has 5 nitrogen and oxygen atoms in total. The molecule has 0 fully saturated rings. The summed E-state index contributed by atoms with van der Waals surface area (Å²) in [7, 11) is -1.77. The predicted molar refractivity (Wildman–Crippen MR) is 53.2 cm³/mol. The van der Waals surface area contributed by atoms with E-state index in [-0.39, 0.29) is 11.5 Å². The summed E-state index contributed by atoms with van der Waals surface area (Å²) in [5, 5.41) is 2.92. The Hall–Kier alpha value is -0.880. The number of sulfonamides is 1. The lowest BCUT2D eigenvalue weighted by Crippen LogP contribution is -2.29. The van der Waals surface area contributed by atoms with Crippen LogP contribution in [0.3, 0.4) is 0 Å². The topological polar surface area (TPSA) is 75.3 Å². The monoisotopic (exact) mass is 218 g/mol. The summed E-state index contributed by atoms with van der Waals surface area (Å²) in [5.41, 5.74) is 0.835. The van der Waals surface area contributed by atoms with Gasteiger partial charge < -0.3 is 5.32 Å². The van der Waals surface area contributed by atoms with Crippen LogP contribution in [0.2, 0.25) is 0 Å². The number of rotatable bonds is 5. The van der Waals surface area contributed by atoms with Crippen LogP contribution in [0.25, 0.3) is 0 Å². The van der Waals surface area contributed by atoms with Gasteiger partial charge in [0.15, 0.2) is 5.78 Å². The lowest BCUT2D eigenvalue weighted by Gasteiger charge is -2.06. The highest BCUT2D eigenvalue weighted by Crippen LogP contribution is 2.11. The summed E-state index contributed by atoms with van der Waals surface area (Å²) in [6, 6.07) is 0. The summed E-state index contributed by atoms with van der Waals surface area (Å²) in [6.45, 7) is 0.336. The van der Waals surface area contributed by atoms with Crippen molar-refractivity contribution in [2.75, 3.05) is 19.3 Å². The highest BCUT2D eigenvalue weighted by Gasteiger charge is 2.12.